The molecule has 3 aromatic rings. The largest absolute Gasteiger partial charge is 0.358 e. The van der Waals surface area contributed by atoms with E-state index in [1.165, 1.54) is 5.56 Å². The van der Waals surface area contributed by atoms with Crippen molar-refractivity contribution in [3.63, 3.8) is 0 Å². The quantitative estimate of drug-likeness (QED) is 0.670. The van der Waals surface area contributed by atoms with Crippen molar-refractivity contribution in [2.75, 3.05) is 13.1 Å². The molecular weight excluding hydrogens is 322 g/mol. The highest BCUT2D eigenvalue weighted by atomic mass is 16.1. The first-order chi connectivity index (χ1) is 12.6. The van der Waals surface area contributed by atoms with Gasteiger partial charge in [0, 0.05) is 29.7 Å². The molecule has 0 atom stereocenters. The lowest BCUT2D eigenvalue weighted by molar-refractivity contribution is 0.0952. The summed E-state index contributed by atoms with van der Waals surface area (Å²) in [6.45, 7) is 9.91. The highest BCUT2D eigenvalue weighted by Crippen LogP contribution is 2.21. The van der Waals surface area contributed by atoms with E-state index < -0.39 is 0 Å². The first kappa shape index (κ1) is 18.2. The Bertz CT molecular complexity index is 876. The topological polar surface area (TPSA) is 48.1 Å². The van der Waals surface area contributed by atoms with Gasteiger partial charge in [0.15, 0.2) is 0 Å². The third-order valence-corrected chi connectivity index (χ3v) is 4.90. The number of rotatable bonds is 7. The van der Waals surface area contributed by atoms with Gasteiger partial charge in [-0.1, -0.05) is 56.3 Å². The third-order valence-electron chi connectivity index (χ3n) is 4.90. The van der Waals surface area contributed by atoms with E-state index in [0.717, 1.165) is 47.4 Å². The fourth-order valence-corrected chi connectivity index (χ4v) is 3.31. The zero-order valence-electron chi connectivity index (χ0n) is 15.8. The Morgan fingerprint density at radius 3 is 2.35 bits per heavy atom. The summed E-state index contributed by atoms with van der Waals surface area (Å²) in [5.74, 6) is -0.0350. The Morgan fingerprint density at radius 2 is 1.65 bits per heavy atom. The summed E-state index contributed by atoms with van der Waals surface area (Å²) in [6, 6.07) is 16.4. The van der Waals surface area contributed by atoms with Gasteiger partial charge in [0.1, 0.15) is 0 Å². The molecule has 1 heterocycles. The summed E-state index contributed by atoms with van der Waals surface area (Å²) in [7, 11) is 0. The maximum atomic E-state index is 12.7. The van der Waals surface area contributed by atoms with Gasteiger partial charge in [-0.3, -0.25) is 9.69 Å². The second-order valence-corrected chi connectivity index (χ2v) is 6.63. The van der Waals surface area contributed by atoms with Crippen LogP contribution in [0.25, 0.3) is 10.9 Å². The van der Waals surface area contributed by atoms with Crippen LogP contribution in [-0.2, 0) is 13.1 Å². The maximum Gasteiger partial charge on any atom is 0.253 e. The number of amides is 1. The van der Waals surface area contributed by atoms with E-state index in [1.54, 1.807) is 0 Å². The molecule has 1 amide bonds. The lowest BCUT2D eigenvalue weighted by atomic mass is 10.1. The smallest absolute Gasteiger partial charge is 0.253 e. The van der Waals surface area contributed by atoms with Crippen LogP contribution in [0.15, 0.2) is 48.5 Å². The SMILES string of the molecule is CCN(CC)Cc1ccc(CNC(=O)c2c(C)[nH]c3ccccc23)cc1. The normalized spacial score (nSPS) is 11.2. The van der Waals surface area contributed by atoms with Crippen molar-refractivity contribution in [3.05, 3.63) is 70.9 Å². The summed E-state index contributed by atoms with van der Waals surface area (Å²) in [6.07, 6.45) is 0. The fraction of sp³-hybridized carbons (Fsp3) is 0.318. The van der Waals surface area contributed by atoms with Crippen LogP contribution in [0.2, 0.25) is 0 Å². The highest BCUT2D eigenvalue weighted by Gasteiger charge is 2.15. The minimum absolute atomic E-state index is 0.0350. The molecule has 0 aliphatic rings. The van der Waals surface area contributed by atoms with Crippen molar-refractivity contribution in [3.8, 4) is 0 Å². The molecule has 4 nitrogen and oxygen atoms in total. The number of aryl methyl sites for hydroxylation is 1. The van der Waals surface area contributed by atoms with E-state index in [-0.39, 0.29) is 5.91 Å². The molecule has 2 aromatic carbocycles. The molecule has 0 saturated carbocycles. The molecule has 0 radical (unpaired) electrons. The first-order valence-electron chi connectivity index (χ1n) is 9.28. The monoisotopic (exact) mass is 349 g/mol. The number of carbonyl (C=O) groups is 1. The molecule has 4 heteroatoms. The van der Waals surface area contributed by atoms with Crippen molar-refractivity contribution < 1.29 is 4.79 Å². The van der Waals surface area contributed by atoms with Crippen molar-refractivity contribution in [1.29, 1.82) is 0 Å². The van der Waals surface area contributed by atoms with Gasteiger partial charge in [0.25, 0.3) is 5.91 Å². The molecule has 26 heavy (non-hydrogen) atoms. The Morgan fingerprint density at radius 1 is 1.00 bits per heavy atom. The van der Waals surface area contributed by atoms with E-state index in [2.05, 4.69) is 53.3 Å². The number of carbonyl (C=O) groups excluding carboxylic acids is 1. The Kier molecular flexibility index (Phi) is 5.74. The summed E-state index contributed by atoms with van der Waals surface area (Å²) in [5.41, 5.74) is 5.04. The predicted octanol–water partition coefficient (Wildman–Crippen LogP) is 4.25. The molecule has 0 saturated heterocycles. The average Bonchev–Trinajstić information content (AvgIpc) is 3.01. The van der Waals surface area contributed by atoms with Crippen LogP contribution >= 0.6 is 0 Å². The van der Waals surface area contributed by atoms with Crippen LogP contribution in [0.5, 0.6) is 0 Å². The van der Waals surface area contributed by atoms with Crippen LogP contribution in [-0.4, -0.2) is 28.9 Å². The molecule has 1 aromatic heterocycles. The van der Waals surface area contributed by atoms with Gasteiger partial charge in [0.05, 0.1) is 5.56 Å². The van der Waals surface area contributed by atoms with Gasteiger partial charge in [-0.25, -0.2) is 0 Å². The predicted molar refractivity (Wildman–Crippen MR) is 107 cm³/mol. The van der Waals surface area contributed by atoms with Gasteiger partial charge in [-0.15, -0.1) is 0 Å². The number of aromatic amines is 1. The van der Waals surface area contributed by atoms with Gasteiger partial charge in [0.2, 0.25) is 0 Å². The zero-order chi connectivity index (χ0) is 18.5. The second-order valence-electron chi connectivity index (χ2n) is 6.63. The third kappa shape index (κ3) is 3.97. The minimum atomic E-state index is -0.0350. The van der Waals surface area contributed by atoms with E-state index in [9.17, 15) is 4.79 Å². The molecule has 0 aliphatic carbocycles. The Labute approximate surface area is 155 Å². The molecule has 0 spiro atoms. The second kappa shape index (κ2) is 8.19. The lowest BCUT2D eigenvalue weighted by Crippen LogP contribution is -2.23. The van der Waals surface area contributed by atoms with Gasteiger partial charge in [-0.05, 0) is 37.2 Å². The number of H-pyrrole nitrogens is 1. The van der Waals surface area contributed by atoms with Crippen molar-refractivity contribution >= 4 is 16.8 Å². The zero-order valence-corrected chi connectivity index (χ0v) is 15.8. The van der Waals surface area contributed by atoms with Gasteiger partial charge < -0.3 is 10.3 Å². The molecule has 2 N–H and O–H groups in total. The van der Waals surface area contributed by atoms with Crippen molar-refractivity contribution in [2.24, 2.45) is 0 Å². The number of benzene rings is 2. The van der Waals surface area contributed by atoms with E-state index in [1.807, 2.05) is 31.2 Å². The number of para-hydroxylation sites is 1. The number of nitrogens with one attached hydrogen (secondary N) is 2. The first-order valence-corrected chi connectivity index (χ1v) is 9.28. The van der Waals surface area contributed by atoms with Crippen LogP contribution in [0.4, 0.5) is 0 Å². The van der Waals surface area contributed by atoms with Crippen molar-refractivity contribution in [1.82, 2.24) is 15.2 Å². The van der Waals surface area contributed by atoms with Gasteiger partial charge >= 0.3 is 0 Å². The average molecular weight is 349 g/mol. The highest BCUT2D eigenvalue weighted by molar-refractivity contribution is 6.08. The van der Waals surface area contributed by atoms with E-state index in [4.69, 9.17) is 0 Å². The molecular formula is C22H27N3O. The lowest BCUT2D eigenvalue weighted by Gasteiger charge is -2.18. The van der Waals surface area contributed by atoms with Crippen LogP contribution in [0, 0.1) is 6.92 Å². The maximum absolute atomic E-state index is 12.7. The summed E-state index contributed by atoms with van der Waals surface area (Å²) < 4.78 is 0. The van der Waals surface area contributed by atoms with Crippen LogP contribution in [0.1, 0.15) is 41.0 Å². The summed E-state index contributed by atoms with van der Waals surface area (Å²) in [5, 5.41) is 4.02. The van der Waals surface area contributed by atoms with Crippen LogP contribution < -0.4 is 5.32 Å². The molecule has 3 rings (SSSR count). The number of hydrogen-bond donors (Lipinski definition) is 2. The molecule has 136 valence electrons. The molecule has 0 aliphatic heterocycles. The number of hydrogen-bond acceptors (Lipinski definition) is 2. The van der Waals surface area contributed by atoms with Crippen molar-refractivity contribution in [2.45, 2.75) is 33.9 Å². The van der Waals surface area contributed by atoms with E-state index >= 15 is 0 Å². The Balaban J connectivity index is 1.65. The van der Waals surface area contributed by atoms with E-state index in [0.29, 0.717) is 6.54 Å². The standard InChI is InChI=1S/C22H27N3O/c1-4-25(5-2)15-18-12-10-17(11-13-18)14-23-22(26)21-16(3)24-20-9-7-6-8-19(20)21/h6-13,24H,4-5,14-15H2,1-3H3,(H,23,26). The minimum Gasteiger partial charge on any atom is -0.358 e. The summed E-state index contributed by atoms with van der Waals surface area (Å²) in [4.78, 5) is 18.3. The van der Waals surface area contributed by atoms with Gasteiger partial charge in [-0.2, -0.15) is 0 Å². The van der Waals surface area contributed by atoms with Crippen LogP contribution in [0.3, 0.4) is 0 Å². The molecule has 0 unspecified atom stereocenters. The number of aromatic nitrogens is 1. The fourth-order valence-electron chi connectivity index (χ4n) is 3.31. The Hall–Kier alpha value is -2.59. The number of nitrogens with zero attached hydrogens (tertiary/aromatic N) is 1. The molecule has 0 bridgehead atoms. The summed E-state index contributed by atoms with van der Waals surface area (Å²) >= 11 is 0. The molecule has 0 fully saturated rings. The number of fused-ring (bicyclic) bond motifs is 1.